The van der Waals surface area contributed by atoms with E-state index in [4.69, 9.17) is 4.74 Å². The van der Waals surface area contributed by atoms with E-state index in [1.807, 2.05) is 27.7 Å². The third-order valence-corrected chi connectivity index (χ3v) is 3.93. The summed E-state index contributed by atoms with van der Waals surface area (Å²) in [5, 5.41) is 0. The molecule has 2 rings (SSSR count). The Kier molecular flexibility index (Phi) is 4.89. The smallest absolute Gasteiger partial charge is 0.410 e. The van der Waals surface area contributed by atoms with Gasteiger partial charge in [-0.15, -0.1) is 0 Å². The predicted octanol–water partition coefficient (Wildman–Crippen LogP) is 3.67. The molecule has 0 spiro atoms. The molecule has 1 aromatic rings. The van der Waals surface area contributed by atoms with E-state index in [0.717, 1.165) is 19.1 Å². The molecule has 4 heteroatoms. The number of rotatable bonds is 3. The zero-order valence-electron chi connectivity index (χ0n) is 13.9. The van der Waals surface area contributed by atoms with Crippen LogP contribution in [0.25, 0.3) is 0 Å². The van der Waals surface area contributed by atoms with Gasteiger partial charge in [0.2, 0.25) is 0 Å². The highest BCUT2D eigenvalue weighted by Crippen LogP contribution is 2.31. The molecule has 1 aliphatic rings. The minimum atomic E-state index is -0.476. The molecule has 0 N–H and O–H groups in total. The fourth-order valence-electron chi connectivity index (χ4n) is 2.84. The maximum absolute atomic E-state index is 12.3. The number of aldehydes is 1. The quantitative estimate of drug-likeness (QED) is 0.800. The van der Waals surface area contributed by atoms with Gasteiger partial charge in [0.1, 0.15) is 11.9 Å². The van der Waals surface area contributed by atoms with Gasteiger partial charge in [-0.1, -0.05) is 18.2 Å². The molecule has 0 aromatic heterocycles. The molecule has 22 heavy (non-hydrogen) atoms. The van der Waals surface area contributed by atoms with Gasteiger partial charge >= 0.3 is 6.09 Å². The van der Waals surface area contributed by atoms with Crippen LogP contribution in [0.2, 0.25) is 0 Å². The Morgan fingerprint density at radius 2 is 2.14 bits per heavy atom. The van der Waals surface area contributed by atoms with Gasteiger partial charge in [0.05, 0.1) is 6.04 Å². The van der Waals surface area contributed by atoms with E-state index in [1.54, 1.807) is 4.90 Å². The molecular weight excluding hydrogens is 278 g/mol. The van der Waals surface area contributed by atoms with E-state index in [2.05, 4.69) is 18.2 Å². The second kappa shape index (κ2) is 6.51. The van der Waals surface area contributed by atoms with Crippen molar-refractivity contribution in [3.05, 3.63) is 34.9 Å². The Morgan fingerprint density at radius 1 is 1.41 bits per heavy atom. The summed E-state index contributed by atoms with van der Waals surface area (Å²) in [6, 6.07) is 6.31. The van der Waals surface area contributed by atoms with Crippen molar-refractivity contribution >= 4 is 12.4 Å². The zero-order chi connectivity index (χ0) is 16.3. The Bertz CT molecular complexity index is 560. The highest BCUT2D eigenvalue weighted by atomic mass is 16.6. The molecule has 1 unspecified atom stereocenters. The summed E-state index contributed by atoms with van der Waals surface area (Å²) in [5.74, 6) is 0. The van der Waals surface area contributed by atoms with Gasteiger partial charge in [0, 0.05) is 13.0 Å². The van der Waals surface area contributed by atoms with E-state index in [0.29, 0.717) is 13.0 Å². The summed E-state index contributed by atoms with van der Waals surface area (Å²) in [7, 11) is 0. The number of hydrogen-bond donors (Lipinski definition) is 0. The molecule has 1 aliphatic heterocycles. The van der Waals surface area contributed by atoms with Crippen molar-refractivity contribution in [3.8, 4) is 0 Å². The van der Waals surface area contributed by atoms with Crippen LogP contribution in [-0.2, 0) is 22.4 Å². The van der Waals surface area contributed by atoms with Crippen LogP contribution in [-0.4, -0.2) is 29.4 Å². The highest BCUT2D eigenvalue weighted by Gasteiger charge is 2.30. The molecule has 0 aliphatic carbocycles. The van der Waals surface area contributed by atoms with Gasteiger partial charge in [-0.25, -0.2) is 4.79 Å². The van der Waals surface area contributed by atoms with Gasteiger partial charge in [0.25, 0.3) is 0 Å². The fourth-order valence-corrected chi connectivity index (χ4v) is 2.84. The molecule has 0 saturated heterocycles. The summed E-state index contributed by atoms with van der Waals surface area (Å²) in [6.45, 7) is 8.35. The number of carbonyl (C=O) groups is 2. The molecule has 1 atom stereocenters. The van der Waals surface area contributed by atoms with Gasteiger partial charge < -0.3 is 14.4 Å². The van der Waals surface area contributed by atoms with Crippen molar-refractivity contribution in [1.82, 2.24) is 4.90 Å². The summed E-state index contributed by atoms with van der Waals surface area (Å²) in [5.41, 5.74) is 3.15. The van der Waals surface area contributed by atoms with Gasteiger partial charge in [-0.3, -0.25) is 0 Å². The second-order valence-electron chi connectivity index (χ2n) is 6.84. The minimum Gasteiger partial charge on any atom is -0.444 e. The number of ether oxygens (including phenoxy) is 1. The van der Waals surface area contributed by atoms with Crippen LogP contribution in [0.1, 0.15) is 56.8 Å². The first-order valence-corrected chi connectivity index (χ1v) is 7.87. The first kappa shape index (κ1) is 16.5. The van der Waals surface area contributed by atoms with E-state index in [1.165, 1.54) is 16.7 Å². The van der Waals surface area contributed by atoms with E-state index in [9.17, 15) is 9.59 Å². The van der Waals surface area contributed by atoms with Crippen LogP contribution in [0.3, 0.4) is 0 Å². The molecule has 0 fully saturated rings. The molecule has 120 valence electrons. The topological polar surface area (TPSA) is 46.6 Å². The molecule has 1 heterocycles. The average molecular weight is 303 g/mol. The molecule has 0 radical (unpaired) electrons. The van der Waals surface area contributed by atoms with E-state index >= 15 is 0 Å². The number of hydrogen-bond acceptors (Lipinski definition) is 3. The maximum Gasteiger partial charge on any atom is 0.410 e. The standard InChI is InChI=1S/C18H25NO3/c1-13-16-8-7-14(6-5-11-20)12-15(16)9-10-19(13)17(21)22-18(2,3)4/h7-8,11-13H,5-6,9-10H2,1-4H3. The fraction of sp³-hybridized carbons (Fsp3) is 0.556. The van der Waals surface area contributed by atoms with Crippen LogP contribution in [0.4, 0.5) is 4.79 Å². The number of benzene rings is 1. The van der Waals surface area contributed by atoms with Crippen LogP contribution >= 0.6 is 0 Å². The van der Waals surface area contributed by atoms with Crippen LogP contribution in [0.15, 0.2) is 18.2 Å². The molecule has 4 nitrogen and oxygen atoms in total. The molecular formula is C18H25NO3. The molecule has 0 saturated carbocycles. The number of nitrogens with zero attached hydrogens (tertiary/aromatic N) is 1. The predicted molar refractivity (Wildman–Crippen MR) is 85.9 cm³/mol. The SMILES string of the molecule is CC1c2ccc(CCC=O)cc2CCN1C(=O)OC(C)(C)C. The normalized spacial score (nSPS) is 17.8. The Labute approximate surface area is 132 Å². The minimum absolute atomic E-state index is 0.0127. The lowest BCUT2D eigenvalue weighted by molar-refractivity contribution is -0.107. The number of amides is 1. The van der Waals surface area contributed by atoms with E-state index < -0.39 is 5.60 Å². The summed E-state index contributed by atoms with van der Waals surface area (Å²) < 4.78 is 5.49. The second-order valence-corrected chi connectivity index (χ2v) is 6.84. The van der Waals surface area contributed by atoms with Crippen molar-refractivity contribution in [2.24, 2.45) is 0 Å². The summed E-state index contributed by atoms with van der Waals surface area (Å²) in [4.78, 5) is 24.6. The third kappa shape index (κ3) is 3.87. The zero-order valence-corrected chi connectivity index (χ0v) is 13.9. The lowest BCUT2D eigenvalue weighted by atomic mass is 9.91. The van der Waals surface area contributed by atoms with Gasteiger partial charge in [-0.2, -0.15) is 0 Å². The highest BCUT2D eigenvalue weighted by molar-refractivity contribution is 5.69. The Hall–Kier alpha value is -1.84. The molecule has 1 amide bonds. The van der Waals surface area contributed by atoms with Crippen LogP contribution in [0, 0.1) is 0 Å². The third-order valence-electron chi connectivity index (χ3n) is 3.93. The van der Waals surface area contributed by atoms with Gasteiger partial charge in [-0.05, 0) is 57.2 Å². The van der Waals surface area contributed by atoms with Crippen molar-refractivity contribution in [2.45, 2.75) is 58.6 Å². The number of aryl methyl sites for hydroxylation is 1. The first-order chi connectivity index (χ1) is 10.3. The van der Waals surface area contributed by atoms with E-state index in [-0.39, 0.29) is 12.1 Å². The Morgan fingerprint density at radius 3 is 2.77 bits per heavy atom. The number of carbonyl (C=O) groups excluding carboxylic acids is 2. The summed E-state index contributed by atoms with van der Waals surface area (Å²) in [6.07, 6.45) is 2.86. The van der Waals surface area contributed by atoms with Crippen molar-refractivity contribution in [1.29, 1.82) is 0 Å². The van der Waals surface area contributed by atoms with Crippen molar-refractivity contribution < 1.29 is 14.3 Å². The largest absolute Gasteiger partial charge is 0.444 e. The van der Waals surface area contributed by atoms with Gasteiger partial charge in [0.15, 0.2) is 0 Å². The van der Waals surface area contributed by atoms with Crippen LogP contribution in [0.5, 0.6) is 0 Å². The van der Waals surface area contributed by atoms with Crippen molar-refractivity contribution in [2.75, 3.05) is 6.54 Å². The summed E-state index contributed by atoms with van der Waals surface area (Å²) >= 11 is 0. The Balaban J connectivity index is 2.14. The first-order valence-electron chi connectivity index (χ1n) is 7.87. The maximum atomic E-state index is 12.3. The van der Waals surface area contributed by atoms with Crippen molar-refractivity contribution in [3.63, 3.8) is 0 Å². The lowest BCUT2D eigenvalue weighted by Gasteiger charge is -2.36. The lowest BCUT2D eigenvalue weighted by Crippen LogP contribution is -2.42. The average Bonchev–Trinajstić information content (AvgIpc) is 2.43. The number of fused-ring (bicyclic) bond motifs is 1. The monoisotopic (exact) mass is 303 g/mol. The van der Waals surface area contributed by atoms with Crippen LogP contribution < -0.4 is 0 Å². The molecule has 0 bridgehead atoms. The molecule has 1 aromatic carbocycles.